The van der Waals surface area contributed by atoms with E-state index in [0.29, 0.717) is 35.4 Å². The summed E-state index contributed by atoms with van der Waals surface area (Å²) < 4.78 is 17.5. The van der Waals surface area contributed by atoms with E-state index in [0.717, 1.165) is 19.7 Å². The molecule has 5 aromatic rings. The lowest BCUT2D eigenvalue weighted by molar-refractivity contribution is -0.120. The predicted octanol–water partition coefficient (Wildman–Crippen LogP) is 7.90. The summed E-state index contributed by atoms with van der Waals surface area (Å²) in [6.07, 6.45) is 3.46. The minimum atomic E-state index is 0.342. The average Bonchev–Trinajstić information content (AvgIpc) is 2.94. The summed E-state index contributed by atoms with van der Waals surface area (Å²) in [6.45, 7) is 0.383. The van der Waals surface area contributed by atoms with Gasteiger partial charge in [0, 0.05) is 12.4 Å². The van der Waals surface area contributed by atoms with Crippen molar-refractivity contribution < 1.29 is 19.0 Å². The van der Waals surface area contributed by atoms with Crippen molar-refractivity contribution in [1.82, 2.24) is 9.97 Å². The first kappa shape index (κ1) is 24.4. The normalized spacial score (nSPS) is 10.5. The summed E-state index contributed by atoms with van der Waals surface area (Å²) in [5.74, 6) is 2.56. The smallest absolute Gasteiger partial charge is 0.298 e. The van der Waals surface area contributed by atoms with Crippen molar-refractivity contribution in [2.75, 3.05) is 0 Å². The van der Waals surface area contributed by atoms with Crippen LogP contribution in [0.4, 0.5) is 0 Å². The van der Waals surface area contributed by atoms with Crippen molar-refractivity contribution in [3.05, 3.63) is 116 Å². The Hall–Kier alpha value is -4.27. The predicted molar refractivity (Wildman–Crippen MR) is 143 cm³/mol. The molecule has 0 unspecified atom stereocenters. The van der Waals surface area contributed by atoms with Crippen molar-refractivity contribution >= 4 is 30.0 Å². The van der Waals surface area contributed by atoms with Crippen LogP contribution in [0.3, 0.4) is 0 Å². The number of rotatable bonds is 10. The third-order valence-electron chi connectivity index (χ3n) is 4.96. The Balaban J connectivity index is 1.40. The number of carbonyl (C=O) groups excluding carboxylic acids is 1. The van der Waals surface area contributed by atoms with Gasteiger partial charge < -0.3 is 14.2 Å². The Morgan fingerprint density at radius 1 is 0.541 bits per heavy atom. The summed E-state index contributed by atoms with van der Waals surface area (Å²) in [5, 5.41) is 0.855. The van der Waals surface area contributed by atoms with Gasteiger partial charge in [-0.25, -0.2) is 9.97 Å². The van der Waals surface area contributed by atoms with Crippen LogP contribution in [0.25, 0.3) is 0 Å². The van der Waals surface area contributed by atoms with Gasteiger partial charge in [0.2, 0.25) is 5.88 Å². The molecule has 8 heteroatoms. The molecule has 0 saturated carbocycles. The monoisotopic (exact) mass is 524 g/mol. The van der Waals surface area contributed by atoms with Crippen LogP contribution in [0.5, 0.6) is 28.9 Å². The number of benzene rings is 3. The summed E-state index contributed by atoms with van der Waals surface area (Å²) in [6, 6.07) is 32.0. The fourth-order valence-electron chi connectivity index (χ4n) is 3.31. The Morgan fingerprint density at radius 2 is 1.14 bits per heavy atom. The highest BCUT2D eigenvalue weighted by Gasteiger charge is 2.15. The molecule has 0 radical (unpaired) electrons. The molecular weight excluding hydrogens is 504 g/mol. The van der Waals surface area contributed by atoms with Gasteiger partial charge in [-0.2, -0.15) is 0 Å². The van der Waals surface area contributed by atoms with Crippen LogP contribution in [0.1, 0.15) is 0 Å². The van der Waals surface area contributed by atoms with Crippen LogP contribution in [-0.2, 0) is 4.79 Å². The molecule has 2 aromatic heterocycles. The fourth-order valence-corrected chi connectivity index (χ4v) is 5.08. The minimum Gasteiger partial charge on any atom is -0.452 e. The zero-order valence-electron chi connectivity index (χ0n) is 19.4. The number of nitrogens with zero attached hydrogens (tertiary/aromatic N) is 2. The van der Waals surface area contributed by atoms with E-state index in [1.807, 2.05) is 84.9 Å². The van der Waals surface area contributed by atoms with Gasteiger partial charge in [0.15, 0.2) is 11.5 Å². The number of para-hydroxylation sites is 4. The number of hydrogen-bond acceptors (Lipinski definition) is 8. The number of aromatic nitrogens is 2. The molecule has 182 valence electrons. The lowest BCUT2D eigenvalue weighted by atomic mass is 10.3. The Bertz CT molecular complexity index is 1500. The molecule has 0 fully saturated rings. The van der Waals surface area contributed by atoms with Crippen molar-refractivity contribution in [3.63, 3.8) is 0 Å². The van der Waals surface area contributed by atoms with Gasteiger partial charge in [0.1, 0.15) is 16.5 Å². The van der Waals surface area contributed by atoms with Gasteiger partial charge in [0.05, 0.1) is 14.7 Å². The summed E-state index contributed by atoms with van der Waals surface area (Å²) in [4.78, 5) is 22.4. The van der Waals surface area contributed by atoms with E-state index < -0.39 is 0 Å². The van der Waals surface area contributed by atoms with Crippen LogP contribution in [0.15, 0.2) is 135 Å². The van der Waals surface area contributed by atoms with E-state index in [1.165, 1.54) is 23.5 Å². The third-order valence-corrected chi connectivity index (χ3v) is 7.05. The Kier molecular flexibility index (Phi) is 8.00. The van der Waals surface area contributed by atoms with E-state index in [4.69, 9.17) is 14.2 Å². The van der Waals surface area contributed by atoms with Crippen LogP contribution in [0, 0.1) is 0 Å². The van der Waals surface area contributed by atoms with Crippen LogP contribution < -0.4 is 14.2 Å². The molecule has 0 saturated heterocycles. The zero-order valence-corrected chi connectivity index (χ0v) is 21.0. The van der Waals surface area contributed by atoms with Gasteiger partial charge in [-0.15, -0.1) is 0 Å². The fraction of sp³-hybridized carbons (Fsp3) is 0. The quantitative estimate of drug-likeness (QED) is 0.171. The second-order valence-corrected chi connectivity index (χ2v) is 9.58. The Morgan fingerprint density at radius 3 is 1.84 bits per heavy atom. The highest BCUT2D eigenvalue weighted by Crippen LogP contribution is 2.44. The van der Waals surface area contributed by atoms with Gasteiger partial charge in [0.25, 0.3) is 6.47 Å². The topological polar surface area (TPSA) is 70.5 Å². The number of ether oxygens (including phenoxy) is 3. The molecule has 5 rings (SSSR count). The van der Waals surface area contributed by atoms with Gasteiger partial charge >= 0.3 is 0 Å². The second-order valence-electron chi connectivity index (χ2n) is 7.44. The van der Waals surface area contributed by atoms with E-state index >= 15 is 0 Å². The molecule has 0 aliphatic carbocycles. The number of hydrogen-bond donors (Lipinski definition) is 0. The molecule has 6 nitrogen and oxygen atoms in total. The molecule has 0 amide bonds. The molecule has 0 aliphatic rings. The van der Waals surface area contributed by atoms with Crippen LogP contribution in [0.2, 0.25) is 0 Å². The molecule has 3 aromatic carbocycles. The van der Waals surface area contributed by atoms with Gasteiger partial charge in [-0.3, -0.25) is 4.79 Å². The largest absolute Gasteiger partial charge is 0.452 e. The van der Waals surface area contributed by atoms with Crippen molar-refractivity contribution in [2.24, 2.45) is 0 Å². The van der Waals surface area contributed by atoms with E-state index in [2.05, 4.69) is 9.97 Å². The maximum Gasteiger partial charge on any atom is 0.298 e. The van der Waals surface area contributed by atoms with Crippen molar-refractivity contribution in [1.29, 1.82) is 0 Å². The van der Waals surface area contributed by atoms with Crippen LogP contribution >= 0.6 is 23.5 Å². The summed E-state index contributed by atoms with van der Waals surface area (Å²) in [7, 11) is 0. The van der Waals surface area contributed by atoms with Gasteiger partial charge in [-0.05, 0) is 60.7 Å². The lowest BCUT2D eigenvalue weighted by Crippen LogP contribution is -1.94. The van der Waals surface area contributed by atoms with E-state index in [-0.39, 0.29) is 0 Å². The molecule has 0 bridgehead atoms. The maximum absolute atomic E-state index is 10.9. The zero-order chi connectivity index (χ0) is 25.3. The van der Waals surface area contributed by atoms with Gasteiger partial charge in [-0.1, -0.05) is 66.0 Å². The average molecular weight is 525 g/mol. The molecule has 0 N–H and O–H groups in total. The molecule has 37 heavy (non-hydrogen) atoms. The van der Waals surface area contributed by atoms with Crippen molar-refractivity contribution in [2.45, 2.75) is 19.7 Å². The third kappa shape index (κ3) is 6.30. The van der Waals surface area contributed by atoms with Crippen molar-refractivity contribution in [3.8, 4) is 28.9 Å². The minimum absolute atomic E-state index is 0.342. The first-order chi connectivity index (χ1) is 18.3. The molecule has 0 aliphatic heterocycles. The van der Waals surface area contributed by atoms with E-state index in [9.17, 15) is 4.79 Å². The standard InChI is InChI=1S/C29H20N2O4S2/c32-20-33-21-10-1-2-11-22(21)34-23-12-3-5-14-25(23)36-26-15-6-4-13-24(26)35-29-27(16-9-19-31-29)37-28-17-7-8-18-30-28/h1-20H. The molecule has 0 atom stereocenters. The maximum atomic E-state index is 10.9. The first-order valence-corrected chi connectivity index (χ1v) is 12.9. The van der Waals surface area contributed by atoms with Crippen LogP contribution in [-0.4, -0.2) is 16.4 Å². The lowest BCUT2D eigenvalue weighted by Gasteiger charge is -2.15. The summed E-state index contributed by atoms with van der Waals surface area (Å²) in [5.41, 5.74) is 0. The highest BCUT2D eigenvalue weighted by molar-refractivity contribution is 7.99. The number of pyridine rings is 2. The first-order valence-electron chi connectivity index (χ1n) is 11.2. The molecular formula is C29H20N2O4S2. The Labute approximate surface area is 222 Å². The highest BCUT2D eigenvalue weighted by atomic mass is 32.2. The number of carbonyl (C=O) groups is 1. The van der Waals surface area contributed by atoms with E-state index in [1.54, 1.807) is 30.6 Å². The summed E-state index contributed by atoms with van der Waals surface area (Å²) >= 11 is 2.99. The molecule has 2 heterocycles. The molecule has 0 spiro atoms. The SMILES string of the molecule is O=COc1ccccc1Oc1ccccc1Sc1ccccc1Oc1ncccc1Sc1ccccn1. The second kappa shape index (κ2) is 12.1.